The van der Waals surface area contributed by atoms with E-state index in [2.05, 4.69) is 15.0 Å². The summed E-state index contributed by atoms with van der Waals surface area (Å²) < 4.78 is 13.4. The van der Waals surface area contributed by atoms with Crippen LogP contribution in [0.3, 0.4) is 0 Å². The van der Waals surface area contributed by atoms with Gasteiger partial charge in [0.15, 0.2) is 6.23 Å². The zero-order valence-corrected chi connectivity index (χ0v) is 16.2. The second-order valence-electron chi connectivity index (χ2n) is 7.38. The molecule has 1 aromatic carbocycles. The number of aromatic nitrogens is 4. The second-order valence-corrected chi connectivity index (χ2v) is 7.38. The number of rotatable bonds is 4. The van der Waals surface area contributed by atoms with Crippen LogP contribution in [0.4, 0.5) is 5.82 Å². The Labute approximate surface area is 171 Å². The van der Waals surface area contributed by atoms with Crippen LogP contribution in [0.2, 0.25) is 0 Å². The van der Waals surface area contributed by atoms with E-state index in [1.165, 1.54) is 6.33 Å². The van der Waals surface area contributed by atoms with Crippen LogP contribution >= 0.6 is 0 Å². The van der Waals surface area contributed by atoms with E-state index in [0.29, 0.717) is 22.6 Å². The Hall–Kier alpha value is -3.27. The molecule has 5 rings (SSSR count). The fourth-order valence-electron chi connectivity index (χ4n) is 3.76. The predicted molar refractivity (Wildman–Crippen MR) is 110 cm³/mol. The molecule has 154 valence electrons. The maximum atomic E-state index is 10.6. The topological polar surface area (TPSA) is 129 Å². The Morgan fingerprint density at radius 2 is 1.97 bits per heavy atom. The van der Waals surface area contributed by atoms with Gasteiger partial charge in [-0.25, -0.2) is 9.97 Å². The van der Waals surface area contributed by atoms with Gasteiger partial charge in [-0.2, -0.15) is 0 Å². The molecule has 4 aromatic rings. The molecule has 1 aliphatic heterocycles. The number of aliphatic hydroxyl groups is 2. The zero-order valence-electron chi connectivity index (χ0n) is 16.2. The largest absolute Gasteiger partial charge is 0.491 e. The van der Waals surface area contributed by atoms with Gasteiger partial charge in [0.05, 0.1) is 10.9 Å². The lowest BCUT2D eigenvalue weighted by molar-refractivity contribution is -0.0471. The number of fused-ring (bicyclic) bond motifs is 2. The molecule has 0 aliphatic carbocycles. The summed E-state index contributed by atoms with van der Waals surface area (Å²) in [5.74, 6) is 0.952. The highest BCUT2D eigenvalue weighted by atomic mass is 16.6. The highest BCUT2D eigenvalue weighted by Crippen LogP contribution is 2.33. The molecule has 0 radical (unpaired) electrons. The average Bonchev–Trinajstić information content (AvgIpc) is 3.29. The second kappa shape index (κ2) is 7.21. The van der Waals surface area contributed by atoms with Crippen LogP contribution in [0.15, 0.2) is 48.9 Å². The molecule has 30 heavy (non-hydrogen) atoms. The van der Waals surface area contributed by atoms with Crippen molar-refractivity contribution < 1.29 is 19.7 Å². The van der Waals surface area contributed by atoms with Gasteiger partial charge in [0.2, 0.25) is 0 Å². The highest BCUT2D eigenvalue weighted by molar-refractivity contribution is 5.86. The lowest BCUT2D eigenvalue weighted by Gasteiger charge is -2.17. The summed E-state index contributed by atoms with van der Waals surface area (Å²) in [5.41, 5.74) is 8.15. The summed E-state index contributed by atoms with van der Waals surface area (Å²) >= 11 is 0. The molecule has 0 saturated carbocycles. The van der Waals surface area contributed by atoms with Crippen molar-refractivity contribution >= 4 is 27.8 Å². The van der Waals surface area contributed by atoms with Crippen molar-refractivity contribution in [1.82, 2.24) is 19.5 Å². The fraction of sp³-hybridized carbons (Fsp3) is 0.286. The summed E-state index contributed by atoms with van der Waals surface area (Å²) in [6, 6.07) is 11.3. The first-order valence-corrected chi connectivity index (χ1v) is 9.60. The Morgan fingerprint density at radius 3 is 2.83 bits per heavy atom. The number of pyridine rings is 1. The minimum absolute atomic E-state index is 0.0718. The van der Waals surface area contributed by atoms with E-state index in [4.69, 9.17) is 15.2 Å². The number of nitrogen functional groups attached to an aromatic ring is 1. The summed E-state index contributed by atoms with van der Waals surface area (Å²) in [7, 11) is 0. The number of anilines is 1. The highest BCUT2D eigenvalue weighted by Gasteiger charge is 2.44. The lowest BCUT2D eigenvalue weighted by atomic mass is 10.1. The molecule has 4 atom stereocenters. The van der Waals surface area contributed by atoms with Crippen molar-refractivity contribution in [2.24, 2.45) is 0 Å². The molecule has 0 amide bonds. The van der Waals surface area contributed by atoms with E-state index >= 15 is 0 Å². The summed E-state index contributed by atoms with van der Waals surface area (Å²) in [6.45, 7) is 2.00. The normalized spacial score (nSPS) is 24.0. The molecule has 0 spiro atoms. The van der Waals surface area contributed by atoms with E-state index in [1.54, 1.807) is 16.8 Å². The average molecular weight is 407 g/mol. The standard InChI is InChI=1S/C21H21N5O4/c1-11-2-3-12-4-5-13(8-15(12)25-11)29-9-16-17(27)18(28)21(30-16)26-7-6-14-19(22)23-10-24-20(14)26/h2-8,10,16-18,21,27-28H,9H2,1H3,(H2,22,23,24)/t16-,17-,18-,21-/m1/s1. The SMILES string of the molecule is Cc1ccc2ccc(OC[C@H]3O[C@@H](n4ccc5c(N)ncnc54)[C@H](O)[C@@H]3O)cc2n1. The molecular weight excluding hydrogens is 386 g/mol. The first-order chi connectivity index (χ1) is 14.5. The Morgan fingerprint density at radius 1 is 1.13 bits per heavy atom. The van der Waals surface area contributed by atoms with Crippen LogP contribution in [-0.4, -0.2) is 54.7 Å². The smallest absolute Gasteiger partial charge is 0.164 e. The van der Waals surface area contributed by atoms with Crippen molar-refractivity contribution in [3.05, 3.63) is 54.6 Å². The minimum Gasteiger partial charge on any atom is -0.491 e. The number of hydrogen-bond donors (Lipinski definition) is 3. The molecule has 4 heterocycles. The number of aryl methyl sites for hydroxylation is 1. The first kappa shape index (κ1) is 18.7. The Bertz CT molecular complexity index is 1230. The molecule has 9 nitrogen and oxygen atoms in total. The van der Waals surface area contributed by atoms with Crippen LogP contribution in [0, 0.1) is 6.92 Å². The van der Waals surface area contributed by atoms with E-state index < -0.39 is 24.5 Å². The van der Waals surface area contributed by atoms with Gasteiger partial charge in [0.1, 0.15) is 48.5 Å². The monoisotopic (exact) mass is 407 g/mol. The number of aliphatic hydroxyl groups excluding tert-OH is 2. The van der Waals surface area contributed by atoms with Gasteiger partial charge in [0, 0.05) is 23.3 Å². The third-order valence-electron chi connectivity index (χ3n) is 5.37. The van der Waals surface area contributed by atoms with Crippen molar-refractivity contribution in [1.29, 1.82) is 0 Å². The van der Waals surface area contributed by atoms with E-state index in [0.717, 1.165) is 16.6 Å². The Balaban J connectivity index is 1.34. The Kier molecular flexibility index (Phi) is 4.50. The molecule has 1 aliphatic rings. The maximum absolute atomic E-state index is 10.6. The molecular formula is C21H21N5O4. The molecule has 1 saturated heterocycles. The van der Waals surface area contributed by atoms with Crippen molar-refractivity contribution in [3.63, 3.8) is 0 Å². The minimum atomic E-state index is -1.15. The van der Waals surface area contributed by atoms with Crippen LogP contribution in [0.5, 0.6) is 5.75 Å². The molecule has 3 aromatic heterocycles. The van der Waals surface area contributed by atoms with Crippen molar-refractivity contribution in [3.8, 4) is 5.75 Å². The van der Waals surface area contributed by atoms with Crippen LogP contribution in [-0.2, 0) is 4.74 Å². The third-order valence-corrected chi connectivity index (χ3v) is 5.37. The maximum Gasteiger partial charge on any atom is 0.164 e. The number of nitrogens with zero attached hydrogens (tertiary/aromatic N) is 4. The quantitative estimate of drug-likeness (QED) is 0.465. The predicted octanol–water partition coefficient (Wildman–Crippen LogP) is 1.57. The summed E-state index contributed by atoms with van der Waals surface area (Å²) in [5, 5.41) is 22.7. The molecule has 4 N–H and O–H groups in total. The first-order valence-electron chi connectivity index (χ1n) is 9.60. The molecule has 1 fully saturated rings. The number of nitrogens with two attached hydrogens (primary N) is 1. The number of ether oxygens (including phenoxy) is 2. The van der Waals surface area contributed by atoms with Crippen LogP contribution in [0.1, 0.15) is 11.9 Å². The third kappa shape index (κ3) is 3.13. The van der Waals surface area contributed by atoms with Crippen LogP contribution in [0.25, 0.3) is 21.9 Å². The lowest BCUT2D eigenvalue weighted by Crippen LogP contribution is -2.34. The van der Waals surface area contributed by atoms with Gasteiger partial charge in [-0.3, -0.25) is 4.98 Å². The number of hydrogen-bond acceptors (Lipinski definition) is 8. The van der Waals surface area contributed by atoms with E-state index in [-0.39, 0.29) is 6.61 Å². The van der Waals surface area contributed by atoms with Gasteiger partial charge in [-0.05, 0) is 31.2 Å². The molecule has 0 bridgehead atoms. The van der Waals surface area contributed by atoms with Crippen LogP contribution < -0.4 is 10.5 Å². The van der Waals surface area contributed by atoms with Gasteiger partial charge < -0.3 is 30.0 Å². The van der Waals surface area contributed by atoms with Gasteiger partial charge in [0.25, 0.3) is 0 Å². The fourth-order valence-corrected chi connectivity index (χ4v) is 3.76. The van der Waals surface area contributed by atoms with E-state index in [1.807, 2.05) is 37.3 Å². The van der Waals surface area contributed by atoms with Crippen molar-refractivity contribution in [2.75, 3.05) is 12.3 Å². The molecule has 9 heteroatoms. The van der Waals surface area contributed by atoms with E-state index in [9.17, 15) is 10.2 Å². The summed E-state index contributed by atoms with van der Waals surface area (Å²) in [4.78, 5) is 12.7. The number of benzene rings is 1. The van der Waals surface area contributed by atoms with Gasteiger partial charge in [-0.15, -0.1) is 0 Å². The zero-order chi connectivity index (χ0) is 20.8. The van der Waals surface area contributed by atoms with Crippen molar-refractivity contribution in [2.45, 2.75) is 31.5 Å². The molecule has 0 unspecified atom stereocenters. The van der Waals surface area contributed by atoms with Gasteiger partial charge >= 0.3 is 0 Å². The summed E-state index contributed by atoms with van der Waals surface area (Å²) in [6.07, 6.45) is -0.748. The van der Waals surface area contributed by atoms with Gasteiger partial charge in [-0.1, -0.05) is 6.07 Å².